The van der Waals surface area contributed by atoms with E-state index in [9.17, 15) is 13.9 Å². The molecule has 0 fully saturated rings. The number of hydrogen-bond donors (Lipinski definition) is 2. The normalized spacial score (nSPS) is 11.5. The van der Waals surface area contributed by atoms with Crippen LogP contribution in [0.2, 0.25) is 0 Å². The van der Waals surface area contributed by atoms with Crippen molar-refractivity contribution in [1.29, 1.82) is 5.26 Å². The van der Waals surface area contributed by atoms with Gasteiger partial charge in [0.1, 0.15) is 36.6 Å². The van der Waals surface area contributed by atoms with Gasteiger partial charge in [-0.1, -0.05) is 0 Å². The molecule has 0 atom stereocenters. The molecular formula is C17H10F2N4O. The topological polar surface area (TPSA) is 81.8 Å². The molecular weight excluding hydrogens is 314 g/mol. The summed E-state index contributed by atoms with van der Waals surface area (Å²) in [6, 6.07) is 8.04. The number of nitriles is 1. The number of hydrogen-bond acceptors (Lipinski definition) is 5. The van der Waals surface area contributed by atoms with E-state index in [2.05, 4.69) is 15.3 Å². The monoisotopic (exact) mass is 325 g/mol. The van der Waals surface area contributed by atoms with Crippen LogP contribution in [0.1, 0.15) is 6.93 Å². The number of phenolic OH excluding ortho intramolecular Hbond substituents is 1. The van der Waals surface area contributed by atoms with Crippen LogP contribution in [0.4, 0.5) is 20.3 Å². The van der Waals surface area contributed by atoms with Crippen LogP contribution < -0.4 is 5.32 Å². The van der Waals surface area contributed by atoms with Gasteiger partial charge in [-0.2, -0.15) is 5.26 Å². The van der Waals surface area contributed by atoms with Crippen molar-refractivity contribution in [3.63, 3.8) is 0 Å². The zero-order valence-corrected chi connectivity index (χ0v) is 12.1. The molecule has 0 amide bonds. The predicted octanol–water partition coefficient (Wildman–Crippen LogP) is 3.89. The smallest absolute Gasteiger partial charge is 0.150 e. The first-order chi connectivity index (χ1) is 12.0. The lowest BCUT2D eigenvalue weighted by molar-refractivity contribution is 0.476. The summed E-state index contributed by atoms with van der Waals surface area (Å²) in [6.45, 7) is 0. The van der Waals surface area contributed by atoms with Crippen LogP contribution in [0.15, 0.2) is 42.7 Å². The molecule has 24 heavy (non-hydrogen) atoms. The van der Waals surface area contributed by atoms with Crippen LogP contribution in [-0.4, -0.2) is 15.1 Å². The Morgan fingerprint density at radius 1 is 1.21 bits per heavy atom. The summed E-state index contributed by atoms with van der Waals surface area (Å²) in [7, 11) is 0. The lowest BCUT2D eigenvalue weighted by atomic mass is 10.1. The van der Waals surface area contributed by atoms with Gasteiger partial charge in [0.05, 0.1) is 11.6 Å². The largest absolute Gasteiger partial charge is 0.508 e. The average molecular weight is 325 g/mol. The molecule has 0 saturated heterocycles. The zero-order valence-electron chi connectivity index (χ0n) is 13.1. The molecule has 1 heterocycles. The van der Waals surface area contributed by atoms with E-state index >= 15 is 0 Å². The van der Waals surface area contributed by atoms with Crippen molar-refractivity contribution in [3.8, 4) is 11.8 Å². The SMILES string of the molecule is [2H]c1nc(Nc2c(F)cc(C=CC#N)cc2F)c2cc(O)ccc2n1. The van der Waals surface area contributed by atoms with E-state index in [1.54, 1.807) is 6.07 Å². The second-order valence-corrected chi connectivity index (χ2v) is 4.82. The third-order valence-corrected chi connectivity index (χ3v) is 3.23. The summed E-state index contributed by atoms with van der Waals surface area (Å²) < 4.78 is 36.1. The van der Waals surface area contributed by atoms with Crippen molar-refractivity contribution in [2.75, 3.05) is 5.32 Å². The minimum absolute atomic E-state index is 0.0102. The van der Waals surface area contributed by atoms with Gasteiger partial charge < -0.3 is 10.4 Å². The molecule has 0 aliphatic heterocycles. The Morgan fingerprint density at radius 3 is 2.67 bits per heavy atom. The quantitative estimate of drug-likeness (QED) is 0.714. The number of anilines is 2. The number of aromatic nitrogens is 2. The Balaban J connectivity index is 2.09. The van der Waals surface area contributed by atoms with Gasteiger partial charge >= 0.3 is 0 Å². The number of nitrogens with one attached hydrogen (secondary N) is 1. The first kappa shape index (κ1) is 14.1. The Kier molecular flexibility index (Phi) is 3.70. The number of phenols is 1. The molecule has 0 bridgehead atoms. The van der Waals surface area contributed by atoms with Crippen LogP contribution in [0.5, 0.6) is 5.75 Å². The van der Waals surface area contributed by atoms with Gasteiger partial charge in [-0.3, -0.25) is 0 Å². The Labute approximate surface area is 136 Å². The van der Waals surface area contributed by atoms with E-state index < -0.39 is 17.3 Å². The number of nitrogens with zero attached hydrogens (tertiary/aromatic N) is 3. The number of fused-ring (bicyclic) bond motifs is 1. The first-order valence-corrected chi connectivity index (χ1v) is 6.77. The third-order valence-electron chi connectivity index (χ3n) is 3.23. The molecule has 0 saturated carbocycles. The second-order valence-electron chi connectivity index (χ2n) is 4.82. The number of halogens is 2. The summed E-state index contributed by atoms with van der Waals surface area (Å²) >= 11 is 0. The van der Waals surface area contributed by atoms with Crippen LogP contribution in [-0.2, 0) is 0 Å². The van der Waals surface area contributed by atoms with Gasteiger partial charge in [0.15, 0.2) is 0 Å². The lowest BCUT2D eigenvalue weighted by Crippen LogP contribution is -2.01. The van der Waals surface area contributed by atoms with Gasteiger partial charge in [-0.25, -0.2) is 18.7 Å². The maximum Gasteiger partial charge on any atom is 0.150 e. The van der Waals surface area contributed by atoms with Gasteiger partial charge in [0.2, 0.25) is 0 Å². The molecule has 5 nitrogen and oxygen atoms in total. The number of rotatable bonds is 3. The molecule has 2 N–H and O–H groups in total. The van der Waals surface area contributed by atoms with Crippen LogP contribution in [0, 0.1) is 23.0 Å². The highest BCUT2D eigenvalue weighted by Crippen LogP contribution is 2.29. The minimum atomic E-state index is -0.893. The van der Waals surface area contributed by atoms with E-state index in [-0.39, 0.29) is 23.4 Å². The second kappa shape index (κ2) is 6.30. The van der Waals surface area contributed by atoms with Crippen LogP contribution in [0.25, 0.3) is 17.0 Å². The molecule has 0 aliphatic rings. The minimum Gasteiger partial charge on any atom is -0.508 e. The highest BCUT2D eigenvalue weighted by atomic mass is 19.1. The third kappa shape index (κ3) is 2.98. The molecule has 0 radical (unpaired) electrons. The van der Waals surface area contributed by atoms with E-state index in [1.165, 1.54) is 24.3 Å². The average Bonchev–Trinajstić information content (AvgIpc) is 2.56. The number of benzene rings is 2. The van der Waals surface area contributed by atoms with Crippen molar-refractivity contribution in [2.24, 2.45) is 0 Å². The first-order valence-electron chi connectivity index (χ1n) is 7.27. The molecule has 118 valence electrons. The van der Waals surface area contributed by atoms with Crippen molar-refractivity contribution in [1.82, 2.24) is 9.97 Å². The van der Waals surface area contributed by atoms with Crippen LogP contribution in [0.3, 0.4) is 0 Å². The molecule has 0 unspecified atom stereocenters. The molecule has 0 aliphatic carbocycles. The summed E-state index contributed by atoms with van der Waals surface area (Å²) in [5.74, 6) is -1.87. The van der Waals surface area contributed by atoms with Crippen molar-refractivity contribution in [2.45, 2.75) is 0 Å². The molecule has 3 aromatic rings. The van der Waals surface area contributed by atoms with Crippen molar-refractivity contribution < 1.29 is 15.3 Å². The fraction of sp³-hybridized carbons (Fsp3) is 0. The fourth-order valence-electron chi connectivity index (χ4n) is 2.16. The maximum absolute atomic E-state index is 14.2. The summed E-state index contributed by atoms with van der Waals surface area (Å²) in [5.41, 5.74) is 0.0695. The lowest BCUT2D eigenvalue weighted by Gasteiger charge is -2.11. The molecule has 3 rings (SSSR count). The number of aromatic hydroxyl groups is 1. The highest BCUT2D eigenvalue weighted by Gasteiger charge is 2.13. The number of allylic oxidation sites excluding steroid dienone is 1. The van der Waals surface area contributed by atoms with E-state index in [1.807, 2.05) is 0 Å². The molecule has 7 heteroatoms. The summed E-state index contributed by atoms with van der Waals surface area (Å²) in [5, 5.41) is 20.9. The molecule has 0 spiro atoms. The van der Waals surface area contributed by atoms with Gasteiger partial charge in [0, 0.05) is 11.5 Å². The van der Waals surface area contributed by atoms with Gasteiger partial charge in [0.25, 0.3) is 0 Å². The summed E-state index contributed by atoms with van der Waals surface area (Å²) in [6.07, 6.45) is 2.04. The Hall–Kier alpha value is -3.53. The van der Waals surface area contributed by atoms with Crippen molar-refractivity contribution in [3.05, 3.63) is 59.9 Å². The fourth-order valence-corrected chi connectivity index (χ4v) is 2.16. The Bertz CT molecular complexity index is 1020. The van der Waals surface area contributed by atoms with Gasteiger partial charge in [-0.05, 0) is 42.0 Å². The zero-order chi connectivity index (χ0) is 18.0. The molecule has 2 aromatic carbocycles. The Morgan fingerprint density at radius 2 is 1.96 bits per heavy atom. The van der Waals surface area contributed by atoms with Gasteiger partial charge in [-0.15, -0.1) is 0 Å². The maximum atomic E-state index is 14.2. The van der Waals surface area contributed by atoms with Crippen molar-refractivity contribution >= 4 is 28.5 Å². The van der Waals surface area contributed by atoms with E-state index in [0.717, 1.165) is 18.2 Å². The summed E-state index contributed by atoms with van der Waals surface area (Å²) in [4.78, 5) is 7.72. The van der Waals surface area contributed by atoms with E-state index in [0.29, 0.717) is 10.9 Å². The van der Waals surface area contributed by atoms with Crippen LogP contribution >= 0.6 is 0 Å². The van der Waals surface area contributed by atoms with E-state index in [4.69, 9.17) is 6.63 Å². The standard InChI is InChI=1S/C17H10F2N4O/c18-13-6-10(2-1-5-20)7-14(19)16(13)23-17-12-8-11(24)3-4-15(12)21-9-22-17/h1-4,6-9,24H,(H,21,22,23)/i9D. The highest BCUT2D eigenvalue weighted by molar-refractivity contribution is 5.91. The predicted molar refractivity (Wildman–Crippen MR) is 85.5 cm³/mol. The molecule has 1 aromatic heterocycles.